The number of likely N-dealkylation sites (tertiary alicyclic amines) is 1. The predicted molar refractivity (Wildman–Crippen MR) is 214 cm³/mol. The number of nitrogens with zero attached hydrogens (tertiary/aromatic N) is 2. The van der Waals surface area contributed by atoms with E-state index >= 15 is 0 Å². The number of ether oxygens (including phenoxy) is 1. The van der Waals surface area contributed by atoms with Gasteiger partial charge in [-0.05, 0) is 69.1 Å². The maximum Gasteiger partial charge on any atom is 0.410 e. The molecule has 1 aliphatic heterocycles. The van der Waals surface area contributed by atoms with Gasteiger partial charge in [0.1, 0.15) is 29.8 Å². The van der Waals surface area contributed by atoms with E-state index in [1.54, 1.807) is 32.6 Å². The minimum Gasteiger partial charge on any atom is -0.444 e. The molecule has 0 bridgehead atoms. The van der Waals surface area contributed by atoms with E-state index in [1.165, 1.54) is 11.9 Å². The molecular formula is C44H59N5O6. The third-order valence-corrected chi connectivity index (χ3v) is 10.3. The Kier molecular flexibility index (Phi) is 14.6. The molecule has 3 aromatic rings. The molecule has 0 unspecified atom stereocenters. The lowest BCUT2D eigenvalue weighted by Crippen LogP contribution is -2.60. The van der Waals surface area contributed by atoms with Crippen LogP contribution in [0, 0.1) is 11.8 Å². The number of hydrogen-bond donors (Lipinski definition) is 3. The lowest BCUT2D eigenvalue weighted by Gasteiger charge is -2.36. The van der Waals surface area contributed by atoms with Crippen LogP contribution in [0.15, 0.2) is 91.0 Å². The molecule has 1 heterocycles. The Morgan fingerprint density at radius 2 is 1.27 bits per heavy atom. The molecule has 0 spiro atoms. The fraction of sp³-hybridized carbons (Fsp3) is 0.477. The lowest BCUT2D eigenvalue weighted by molar-refractivity contribution is -0.145. The largest absolute Gasteiger partial charge is 0.444 e. The van der Waals surface area contributed by atoms with E-state index in [1.807, 2.05) is 119 Å². The maximum atomic E-state index is 14.8. The minimum atomic E-state index is -1.01. The molecule has 4 rings (SSSR count). The zero-order chi connectivity index (χ0) is 40.4. The number of nitrogens with one attached hydrogen (secondary N) is 3. The fourth-order valence-corrected chi connectivity index (χ4v) is 6.83. The number of likely N-dealkylation sites (N-methyl/N-ethyl adjacent to an activating group) is 1. The molecule has 5 amide bonds. The molecule has 3 N–H and O–H groups in total. The van der Waals surface area contributed by atoms with Crippen molar-refractivity contribution in [1.82, 2.24) is 25.8 Å². The molecule has 0 saturated carbocycles. The number of rotatable bonds is 14. The molecule has 1 saturated heterocycles. The molecule has 11 heteroatoms. The molecular weight excluding hydrogens is 695 g/mol. The van der Waals surface area contributed by atoms with Crippen LogP contribution in [0.25, 0.3) is 0 Å². The van der Waals surface area contributed by atoms with Crippen LogP contribution in [0.1, 0.15) is 103 Å². The van der Waals surface area contributed by atoms with E-state index in [2.05, 4.69) is 16.0 Å². The van der Waals surface area contributed by atoms with Gasteiger partial charge in [-0.15, -0.1) is 0 Å². The molecule has 6 atom stereocenters. The average Bonchev–Trinajstić information content (AvgIpc) is 3.62. The van der Waals surface area contributed by atoms with Crippen molar-refractivity contribution in [2.24, 2.45) is 11.8 Å². The molecule has 0 aliphatic carbocycles. The highest BCUT2D eigenvalue weighted by atomic mass is 16.6. The third-order valence-electron chi connectivity index (χ3n) is 10.3. The Morgan fingerprint density at radius 3 is 1.76 bits per heavy atom. The molecule has 55 heavy (non-hydrogen) atoms. The first-order chi connectivity index (χ1) is 26.0. The topological polar surface area (TPSA) is 137 Å². The van der Waals surface area contributed by atoms with Gasteiger partial charge in [0.15, 0.2) is 0 Å². The van der Waals surface area contributed by atoms with Gasteiger partial charge in [-0.1, -0.05) is 125 Å². The van der Waals surface area contributed by atoms with Gasteiger partial charge in [0, 0.05) is 7.05 Å². The van der Waals surface area contributed by atoms with Crippen LogP contribution in [-0.2, 0) is 23.9 Å². The van der Waals surface area contributed by atoms with Crippen LogP contribution in [0.4, 0.5) is 4.79 Å². The van der Waals surface area contributed by atoms with Crippen molar-refractivity contribution in [3.05, 3.63) is 108 Å². The maximum absolute atomic E-state index is 14.8. The van der Waals surface area contributed by atoms with E-state index in [0.29, 0.717) is 19.3 Å². The highest BCUT2D eigenvalue weighted by Gasteiger charge is 2.46. The summed E-state index contributed by atoms with van der Waals surface area (Å²) in [6.07, 6.45) is 0.826. The van der Waals surface area contributed by atoms with Crippen molar-refractivity contribution in [2.75, 3.05) is 7.05 Å². The zero-order valence-electron chi connectivity index (χ0n) is 33.7. The molecule has 296 valence electrons. The van der Waals surface area contributed by atoms with Crippen molar-refractivity contribution in [2.45, 2.75) is 117 Å². The highest BCUT2D eigenvalue weighted by molar-refractivity contribution is 5.96. The van der Waals surface area contributed by atoms with Gasteiger partial charge in [-0.3, -0.25) is 24.1 Å². The average molecular weight is 754 g/mol. The van der Waals surface area contributed by atoms with Crippen molar-refractivity contribution >= 4 is 29.7 Å². The van der Waals surface area contributed by atoms with E-state index in [9.17, 15) is 24.0 Å². The van der Waals surface area contributed by atoms with Gasteiger partial charge in [0.05, 0.1) is 12.1 Å². The monoisotopic (exact) mass is 753 g/mol. The van der Waals surface area contributed by atoms with Gasteiger partial charge in [-0.25, -0.2) is 4.79 Å². The van der Waals surface area contributed by atoms with Crippen LogP contribution in [-0.4, -0.2) is 76.3 Å². The first-order valence-corrected chi connectivity index (χ1v) is 19.4. The summed E-state index contributed by atoms with van der Waals surface area (Å²) in [5.41, 5.74) is 1.92. The standard InChI is InChI=1S/C44H59N5O6/c1-10-29(4)37(41(52)47-38(32-22-16-12-17-23-32)33-24-18-13-19-25-33)46-40(51)35-27-26-34(31-20-14-11-15-21-31)49(35)42(53)36(28(2)3)45-39(50)30(5)48(9)43(54)55-44(6,7)8/h11-25,28-30,34-38H,10,26-27H2,1-9H3,(H,45,50)(H,46,51)(H,47,52)/t29-,30-,34+,35-,36-,37-/m0/s1. The Balaban J connectivity index is 1.62. The molecule has 3 aromatic carbocycles. The molecule has 0 radical (unpaired) electrons. The summed E-state index contributed by atoms with van der Waals surface area (Å²) in [6.45, 7) is 14.3. The zero-order valence-corrected chi connectivity index (χ0v) is 33.7. The van der Waals surface area contributed by atoms with Crippen LogP contribution >= 0.6 is 0 Å². The van der Waals surface area contributed by atoms with E-state index < -0.39 is 65.7 Å². The minimum absolute atomic E-state index is 0.224. The van der Waals surface area contributed by atoms with Crippen molar-refractivity contribution in [3.8, 4) is 0 Å². The summed E-state index contributed by atoms with van der Waals surface area (Å²) in [5.74, 6) is -2.29. The van der Waals surface area contributed by atoms with Gasteiger partial charge < -0.3 is 25.6 Å². The van der Waals surface area contributed by atoms with E-state index in [0.717, 1.165) is 16.7 Å². The van der Waals surface area contributed by atoms with Crippen molar-refractivity contribution in [3.63, 3.8) is 0 Å². The second-order valence-electron chi connectivity index (χ2n) is 15.9. The summed E-state index contributed by atoms with van der Waals surface area (Å²) < 4.78 is 5.45. The number of hydrogen-bond acceptors (Lipinski definition) is 6. The van der Waals surface area contributed by atoms with Gasteiger partial charge in [-0.2, -0.15) is 0 Å². The van der Waals surface area contributed by atoms with E-state index in [-0.39, 0.29) is 17.7 Å². The second kappa shape index (κ2) is 18.9. The summed E-state index contributed by atoms with van der Waals surface area (Å²) >= 11 is 0. The Labute approximate surface area is 326 Å². The van der Waals surface area contributed by atoms with Crippen molar-refractivity contribution in [1.29, 1.82) is 0 Å². The first kappa shape index (κ1) is 42.6. The summed E-state index contributed by atoms with van der Waals surface area (Å²) in [5, 5.41) is 9.15. The van der Waals surface area contributed by atoms with Gasteiger partial charge in [0.25, 0.3) is 0 Å². The molecule has 0 aromatic heterocycles. The quantitative estimate of drug-likeness (QED) is 0.171. The van der Waals surface area contributed by atoms with E-state index in [4.69, 9.17) is 4.74 Å². The Hall–Kier alpha value is -5.19. The number of amides is 5. The number of carbonyl (C=O) groups excluding carboxylic acids is 5. The first-order valence-electron chi connectivity index (χ1n) is 19.4. The third kappa shape index (κ3) is 11.0. The summed E-state index contributed by atoms with van der Waals surface area (Å²) in [7, 11) is 1.47. The van der Waals surface area contributed by atoms with Gasteiger partial charge >= 0.3 is 6.09 Å². The number of benzene rings is 3. The van der Waals surface area contributed by atoms with Crippen LogP contribution < -0.4 is 16.0 Å². The molecule has 11 nitrogen and oxygen atoms in total. The molecule has 1 fully saturated rings. The Bertz CT molecular complexity index is 1710. The normalized spacial score (nSPS) is 17.8. The Morgan fingerprint density at radius 1 is 0.745 bits per heavy atom. The predicted octanol–water partition coefficient (Wildman–Crippen LogP) is 6.55. The van der Waals surface area contributed by atoms with Crippen molar-refractivity contribution < 1.29 is 28.7 Å². The fourth-order valence-electron chi connectivity index (χ4n) is 6.83. The summed E-state index contributed by atoms with van der Waals surface area (Å²) in [4.78, 5) is 72.6. The highest BCUT2D eigenvalue weighted by Crippen LogP contribution is 2.37. The second-order valence-corrected chi connectivity index (χ2v) is 15.9. The SMILES string of the molecule is CC[C@H](C)[C@H](NC(=O)[C@@H]1CC[C@H](c2ccccc2)N1C(=O)[C@@H](NC(=O)[C@H](C)N(C)C(=O)OC(C)(C)C)C(C)C)C(=O)NC(c1ccccc1)c1ccccc1. The summed E-state index contributed by atoms with van der Waals surface area (Å²) in [6, 6.07) is 24.3. The lowest BCUT2D eigenvalue weighted by atomic mass is 9.94. The van der Waals surface area contributed by atoms with Gasteiger partial charge in [0.2, 0.25) is 23.6 Å². The van der Waals surface area contributed by atoms with Crippen LogP contribution in [0.2, 0.25) is 0 Å². The van der Waals surface area contributed by atoms with Crippen LogP contribution in [0.3, 0.4) is 0 Å². The smallest absolute Gasteiger partial charge is 0.410 e. The van der Waals surface area contributed by atoms with Crippen LogP contribution in [0.5, 0.6) is 0 Å². The number of carbonyl (C=O) groups is 5. The molecule has 1 aliphatic rings.